The van der Waals surface area contributed by atoms with Crippen molar-refractivity contribution in [2.24, 2.45) is 0 Å². The number of hydrogen-bond acceptors (Lipinski definition) is 4. The molecule has 0 atom stereocenters. The first-order valence-corrected chi connectivity index (χ1v) is 10.4. The summed E-state index contributed by atoms with van der Waals surface area (Å²) >= 11 is 11.7. The van der Waals surface area contributed by atoms with Crippen LogP contribution in [0.4, 0.5) is 5.69 Å². The number of aryl methyl sites for hydroxylation is 1. The Hall–Kier alpha value is -1.80. The van der Waals surface area contributed by atoms with Gasteiger partial charge < -0.3 is 10.1 Å². The number of nitrogens with one attached hydrogen (secondary N) is 2. The molecule has 0 bridgehead atoms. The number of hydrogen-bond donors (Lipinski definition) is 2. The molecule has 0 aliphatic rings. The summed E-state index contributed by atoms with van der Waals surface area (Å²) in [6, 6.07) is 9.22. The zero-order chi connectivity index (χ0) is 20.0. The van der Waals surface area contributed by atoms with Crippen LogP contribution in [-0.4, -0.2) is 27.5 Å². The van der Waals surface area contributed by atoms with E-state index in [0.717, 1.165) is 0 Å². The molecule has 0 aromatic heterocycles. The van der Waals surface area contributed by atoms with Gasteiger partial charge in [-0.2, -0.15) is 0 Å². The fraction of sp³-hybridized carbons (Fsp3) is 0.278. The highest BCUT2D eigenvalue weighted by Crippen LogP contribution is 2.25. The Balaban J connectivity index is 1.99. The van der Waals surface area contributed by atoms with E-state index >= 15 is 0 Å². The highest BCUT2D eigenvalue weighted by molar-refractivity contribution is 7.89. The van der Waals surface area contributed by atoms with Gasteiger partial charge in [-0.1, -0.05) is 30.1 Å². The van der Waals surface area contributed by atoms with E-state index in [4.69, 9.17) is 27.9 Å². The number of benzene rings is 2. The lowest BCUT2D eigenvalue weighted by Gasteiger charge is -2.12. The molecular formula is C18H20Cl2N2O4S. The Kier molecular flexibility index (Phi) is 7.49. The third-order valence-electron chi connectivity index (χ3n) is 3.56. The molecule has 146 valence electrons. The quantitative estimate of drug-likeness (QED) is 0.662. The number of carbonyl (C=O) groups is 1. The minimum Gasteiger partial charge on any atom is -0.483 e. The third-order valence-corrected chi connectivity index (χ3v) is 5.76. The first kappa shape index (κ1) is 21.5. The number of halogens is 2. The van der Waals surface area contributed by atoms with Crippen molar-refractivity contribution in [3.8, 4) is 5.75 Å². The minimum atomic E-state index is -3.55. The fourth-order valence-corrected chi connectivity index (χ4v) is 3.70. The Morgan fingerprint density at radius 2 is 1.85 bits per heavy atom. The van der Waals surface area contributed by atoms with Gasteiger partial charge in [0, 0.05) is 12.2 Å². The lowest BCUT2D eigenvalue weighted by atomic mass is 10.2. The van der Waals surface area contributed by atoms with Crippen LogP contribution in [0.2, 0.25) is 10.0 Å². The molecule has 0 radical (unpaired) electrons. The van der Waals surface area contributed by atoms with Gasteiger partial charge in [-0.15, -0.1) is 0 Å². The van der Waals surface area contributed by atoms with Crippen LogP contribution in [0.15, 0.2) is 41.3 Å². The first-order chi connectivity index (χ1) is 12.7. The molecule has 0 spiro atoms. The van der Waals surface area contributed by atoms with Gasteiger partial charge >= 0.3 is 0 Å². The predicted octanol–water partition coefficient (Wildman–Crippen LogP) is 4.01. The number of rotatable bonds is 8. The fourth-order valence-electron chi connectivity index (χ4n) is 2.19. The van der Waals surface area contributed by atoms with Crippen LogP contribution < -0.4 is 14.8 Å². The van der Waals surface area contributed by atoms with Crippen LogP contribution in [0.25, 0.3) is 0 Å². The molecule has 1 amide bonds. The summed E-state index contributed by atoms with van der Waals surface area (Å²) in [6.07, 6.45) is 0.702. The summed E-state index contributed by atoms with van der Waals surface area (Å²) in [6.45, 7) is 3.73. The molecule has 2 aromatic rings. The molecule has 0 fully saturated rings. The molecule has 6 nitrogen and oxygen atoms in total. The van der Waals surface area contributed by atoms with Gasteiger partial charge in [-0.05, 0) is 55.3 Å². The highest BCUT2D eigenvalue weighted by atomic mass is 35.5. The Labute approximate surface area is 168 Å². The van der Waals surface area contributed by atoms with E-state index < -0.39 is 10.0 Å². The maximum Gasteiger partial charge on any atom is 0.262 e. The summed E-state index contributed by atoms with van der Waals surface area (Å²) in [7, 11) is -3.55. The molecule has 0 unspecified atom stereocenters. The van der Waals surface area contributed by atoms with E-state index in [1.54, 1.807) is 19.1 Å². The molecule has 2 rings (SSSR count). The van der Waals surface area contributed by atoms with Crippen LogP contribution >= 0.6 is 23.2 Å². The van der Waals surface area contributed by atoms with Gasteiger partial charge in [0.25, 0.3) is 5.91 Å². The minimum absolute atomic E-state index is 0.154. The average Bonchev–Trinajstić information content (AvgIpc) is 2.62. The van der Waals surface area contributed by atoms with E-state index in [-0.39, 0.29) is 17.4 Å². The topological polar surface area (TPSA) is 84.5 Å². The zero-order valence-corrected chi connectivity index (χ0v) is 17.2. The second-order valence-corrected chi connectivity index (χ2v) is 8.37. The summed E-state index contributed by atoms with van der Waals surface area (Å²) in [5.74, 6) is 0.0443. The Morgan fingerprint density at radius 1 is 1.11 bits per heavy atom. The molecule has 0 saturated carbocycles. The lowest BCUT2D eigenvalue weighted by Crippen LogP contribution is -2.24. The van der Waals surface area contributed by atoms with Gasteiger partial charge in [0.05, 0.1) is 14.9 Å². The van der Waals surface area contributed by atoms with Crippen molar-refractivity contribution in [2.45, 2.75) is 25.2 Å². The van der Waals surface area contributed by atoms with Crippen molar-refractivity contribution in [3.63, 3.8) is 0 Å². The summed E-state index contributed by atoms with van der Waals surface area (Å²) in [5.41, 5.74) is 1.11. The molecule has 0 aliphatic carbocycles. The standard InChI is InChI=1S/C18H20Cl2N2O4S/c1-3-8-21-27(24,25)14-5-7-17(12(2)9-14)26-11-18(23)22-13-4-6-15(19)16(20)10-13/h4-7,9-10,21H,3,8,11H2,1-2H3,(H,22,23). The summed E-state index contributed by atoms with van der Waals surface area (Å²) in [4.78, 5) is 12.2. The van der Waals surface area contributed by atoms with E-state index in [1.165, 1.54) is 24.3 Å². The molecule has 2 aromatic carbocycles. The smallest absolute Gasteiger partial charge is 0.262 e. The normalized spacial score (nSPS) is 11.3. The maximum atomic E-state index is 12.1. The van der Waals surface area contributed by atoms with Gasteiger partial charge in [0.1, 0.15) is 5.75 Å². The van der Waals surface area contributed by atoms with Crippen molar-refractivity contribution in [2.75, 3.05) is 18.5 Å². The maximum absolute atomic E-state index is 12.1. The van der Waals surface area contributed by atoms with Crippen LogP contribution in [0.1, 0.15) is 18.9 Å². The van der Waals surface area contributed by atoms with Crippen molar-refractivity contribution < 1.29 is 17.9 Å². The van der Waals surface area contributed by atoms with Gasteiger partial charge in [0.15, 0.2) is 6.61 Å². The molecule has 2 N–H and O–H groups in total. The molecule has 0 saturated heterocycles. The number of ether oxygens (including phenoxy) is 1. The lowest BCUT2D eigenvalue weighted by molar-refractivity contribution is -0.118. The Bertz CT molecular complexity index is 933. The van der Waals surface area contributed by atoms with Crippen molar-refractivity contribution >= 4 is 44.8 Å². The second kappa shape index (κ2) is 9.41. The predicted molar refractivity (Wildman–Crippen MR) is 107 cm³/mol. The van der Waals surface area contributed by atoms with Crippen molar-refractivity contribution in [3.05, 3.63) is 52.0 Å². The third kappa shape index (κ3) is 6.10. The van der Waals surface area contributed by atoms with Crippen LogP contribution in [0.5, 0.6) is 5.75 Å². The monoisotopic (exact) mass is 430 g/mol. The summed E-state index contributed by atoms with van der Waals surface area (Å²) < 4.78 is 32.3. The first-order valence-electron chi connectivity index (χ1n) is 8.21. The van der Waals surface area contributed by atoms with Crippen molar-refractivity contribution in [1.82, 2.24) is 4.72 Å². The Morgan fingerprint density at radius 3 is 2.48 bits per heavy atom. The second-order valence-electron chi connectivity index (χ2n) is 5.79. The number of carbonyl (C=O) groups excluding carboxylic acids is 1. The molecule has 9 heteroatoms. The number of amides is 1. The number of sulfonamides is 1. The molecule has 0 heterocycles. The van der Waals surface area contributed by atoms with Crippen LogP contribution in [0, 0.1) is 6.92 Å². The average molecular weight is 431 g/mol. The van der Waals surface area contributed by atoms with Gasteiger partial charge in [-0.3, -0.25) is 4.79 Å². The molecular weight excluding hydrogens is 411 g/mol. The largest absolute Gasteiger partial charge is 0.483 e. The van der Waals surface area contributed by atoms with Crippen LogP contribution in [0.3, 0.4) is 0 Å². The van der Waals surface area contributed by atoms with E-state index in [9.17, 15) is 13.2 Å². The molecule has 27 heavy (non-hydrogen) atoms. The molecule has 0 aliphatic heterocycles. The SMILES string of the molecule is CCCNS(=O)(=O)c1ccc(OCC(=O)Nc2ccc(Cl)c(Cl)c2)c(C)c1. The van der Waals surface area contributed by atoms with E-state index in [1.807, 2.05) is 6.92 Å². The number of anilines is 1. The van der Waals surface area contributed by atoms with Crippen molar-refractivity contribution in [1.29, 1.82) is 0 Å². The van der Waals surface area contributed by atoms with Crippen LogP contribution in [-0.2, 0) is 14.8 Å². The van der Waals surface area contributed by atoms with E-state index in [2.05, 4.69) is 10.0 Å². The van der Waals surface area contributed by atoms with Gasteiger partial charge in [-0.25, -0.2) is 13.1 Å². The van der Waals surface area contributed by atoms with Gasteiger partial charge in [0.2, 0.25) is 10.0 Å². The zero-order valence-electron chi connectivity index (χ0n) is 14.9. The van der Waals surface area contributed by atoms with E-state index in [0.29, 0.717) is 40.0 Å². The summed E-state index contributed by atoms with van der Waals surface area (Å²) in [5, 5.41) is 3.37. The highest BCUT2D eigenvalue weighted by Gasteiger charge is 2.15.